The van der Waals surface area contributed by atoms with Crippen LogP contribution in [0.5, 0.6) is 0 Å². The van der Waals surface area contributed by atoms with Crippen LogP contribution in [0.3, 0.4) is 0 Å². The summed E-state index contributed by atoms with van der Waals surface area (Å²) in [6.07, 6.45) is -1.08. The van der Waals surface area contributed by atoms with Gasteiger partial charge in [-0.3, -0.25) is 10.1 Å². The van der Waals surface area contributed by atoms with Gasteiger partial charge in [0.15, 0.2) is 6.10 Å². The van der Waals surface area contributed by atoms with Gasteiger partial charge in [-0.1, -0.05) is 0 Å². The molecular weight excluding hydrogens is 214 g/mol. The lowest BCUT2D eigenvalue weighted by Gasteiger charge is -2.30. The van der Waals surface area contributed by atoms with E-state index >= 15 is 0 Å². The topological polar surface area (TPSA) is 84.9 Å². The molecule has 1 rings (SSSR count). The second-order valence-corrected chi connectivity index (χ2v) is 4.59. The van der Waals surface area contributed by atoms with Crippen molar-refractivity contribution >= 4 is 11.9 Å². The monoisotopic (exact) mass is 231 g/mol. The van der Waals surface area contributed by atoms with Crippen LogP contribution in [0.4, 0.5) is 0 Å². The summed E-state index contributed by atoms with van der Waals surface area (Å²) in [6, 6.07) is -1.04. The van der Waals surface area contributed by atoms with Gasteiger partial charge in [-0.05, 0) is 20.8 Å². The van der Waals surface area contributed by atoms with E-state index in [2.05, 4.69) is 5.32 Å². The number of hydrogen-bond acceptors (Lipinski definition) is 5. The van der Waals surface area contributed by atoms with Gasteiger partial charge in [0.1, 0.15) is 11.6 Å². The van der Waals surface area contributed by atoms with Crippen molar-refractivity contribution in [2.45, 2.75) is 38.5 Å². The van der Waals surface area contributed by atoms with Gasteiger partial charge in [-0.25, -0.2) is 4.79 Å². The molecule has 1 unspecified atom stereocenters. The fraction of sp³-hybridized carbons (Fsp3) is 0.800. The van der Waals surface area contributed by atoms with E-state index in [0.29, 0.717) is 13.2 Å². The Labute approximate surface area is 93.9 Å². The number of morpholine rings is 1. The zero-order valence-corrected chi connectivity index (χ0v) is 9.65. The predicted octanol–water partition coefficient (Wildman–Crippen LogP) is -0.230. The molecule has 0 saturated carbocycles. The van der Waals surface area contributed by atoms with Gasteiger partial charge in [0.2, 0.25) is 0 Å². The Morgan fingerprint density at radius 3 is 2.56 bits per heavy atom. The molecule has 0 aromatic rings. The van der Waals surface area contributed by atoms with Crippen LogP contribution in [0.15, 0.2) is 0 Å². The minimum Gasteiger partial charge on any atom is -0.480 e. The average Bonchev–Trinajstić information content (AvgIpc) is 2.15. The quantitative estimate of drug-likeness (QED) is 0.638. The summed E-state index contributed by atoms with van der Waals surface area (Å²) >= 11 is 0. The molecule has 6 nitrogen and oxygen atoms in total. The standard InChI is InChI=1S/C10H17NO5/c1-10(2,3)16-9(14)7-6(8(12)13)11-4-5-15-7/h6-7,11H,4-5H2,1-3H3,(H,12,13)/t6?,7-/m0/s1. The molecule has 0 radical (unpaired) electrons. The molecule has 92 valence electrons. The molecule has 0 aliphatic carbocycles. The second-order valence-electron chi connectivity index (χ2n) is 4.59. The largest absolute Gasteiger partial charge is 0.480 e. The molecule has 2 atom stereocenters. The molecule has 1 saturated heterocycles. The van der Waals surface area contributed by atoms with Crippen LogP contribution >= 0.6 is 0 Å². The molecule has 0 aromatic carbocycles. The van der Waals surface area contributed by atoms with Crippen molar-refractivity contribution in [3.63, 3.8) is 0 Å². The van der Waals surface area contributed by atoms with E-state index in [1.54, 1.807) is 20.8 Å². The summed E-state index contributed by atoms with van der Waals surface area (Å²) in [5.41, 5.74) is -0.652. The smallest absolute Gasteiger partial charge is 0.338 e. The van der Waals surface area contributed by atoms with Crippen molar-refractivity contribution in [2.75, 3.05) is 13.2 Å². The van der Waals surface area contributed by atoms with Gasteiger partial charge in [-0.15, -0.1) is 0 Å². The maximum atomic E-state index is 11.7. The molecule has 1 aliphatic rings. The number of carboxylic acids is 1. The van der Waals surface area contributed by atoms with Gasteiger partial charge in [0.05, 0.1) is 6.61 Å². The van der Waals surface area contributed by atoms with Crippen molar-refractivity contribution in [3.05, 3.63) is 0 Å². The Morgan fingerprint density at radius 2 is 2.06 bits per heavy atom. The highest BCUT2D eigenvalue weighted by Gasteiger charge is 2.39. The fourth-order valence-electron chi connectivity index (χ4n) is 1.38. The second kappa shape index (κ2) is 4.80. The summed E-state index contributed by atoms with van der Waals surface area (Å²) in [4.78, 5) is 22.6. The normalized spacial score (nSPS) is 26.2. The predicted molar refractivity (Wildman–Crippen MR) is 55.0 cm³/mol. The maximum absolute atomic E-state index is 11.7. The van der Waals surface area contributed by atoms with Crippen molar-refractivity contribution in [2.24, 2.45) is 0 Å². The van der Waals surface area contributed by atoms with E-state index in [1.807, 2.05) is 0 Å². The number of nitrogens with one attached hydrogen (secondary N) is 1. The number of carbonyl (C=O) groups is 2. The Hall–Kier alpha value is -1.14. The van der Waals surface area contributed by atoms with Crippen LogP contribution < -0.4 is 5.32 Å². The Kier molecular flexibility index (Phi) is 3.88. The fourth-order valence-corrected chi connectivity index (χ4v) is 1.38. The third-order valence-corrected chi connectivity index (χ3v) is 1.97. The Balaban J connectivity index is 2.68. The summed E-state index contributed by atoms with van der Waals surface area (Å²) in [5.74, 6) is -1.76. The number of carbonyl (C=O) groups excluding carboxylic acids is 1. The lowest BCUT2D eigenvalue weighted by Crippen LogP contribution is -2.57. The molecule has 1 heterocycles. The molecule has 2 N–H and O–H groups in total. The van der Waals surface area contributed by atoms with Gasteiger partial charge in [0, 0.05) is 6.54 Å². The lowest BCUT2D eigenvalue weighted by atomic mass is 10.1. The van der Waals surface area contributed by atoms with Crippen LogP contribution in [-0.4, -0.2) is 47.9 Å². The number of hydrogen-bond donors (Lipinski definition) is 2. The van der Waals surface area contributed by atoms with E-state index in [9.17, 15) is 9.59 Å². The molecular formula is C10H17NO5. The number of rotatable bonds is 2. The van der Waals surface area contributed by atoms with Crippen LogP contribution in [0.1, 0.15) is 20.8 Å². The first kappa shape index (κ1) is 12.9. The van der Waals surface area contributed by atoms with Crippen LogP contribution in [0.2, 0.25) is 0 Å². The van der Waals surface area contributed by atoms with Crippen LogP contribution in [0, 0.1) is 0 Å². The lowest BCUT2D eigenvalue weighted by molar-refractivity contribution is -0.177. The minimum absolute atomic E-state index is 0.299. The highest BCUT2D eigenvalue weighted by atomic mass is 16.6. The molecule has 16 heavy (non-hydrogen) atoms. The first-order chi connectivity index (χ1) is 7.31. The molecule has 1 fully saturated rings. The molecule has 1 aliphatic heterocycles. The summed E-state index contributed by atoms with van der Waals surface area (Å²) in [7, 11) is 0. The van der Waals surface area contributed by atoms with Gasteiger partial charge < -0.3 is 14.6 Å². The van der Waals surface area contributed by atoms with Gasteiger partial charge in [-0.2, -0.15) is 0 Å². The van der Waals surface area contributed by atoms with Crippen molar-refractivity contribution < 1.29 is 24.2 Å². The van der Waals surface area contributed by atoms with E-state index < -0.39 is 29.7 Å². The Morgan fingerprint density at radius 1 is 1.44 bits per heavy atom. The Bertz CT molecular complexity index is 283. The molecule has 0 spiro atoms. The van der Waals surface area contributed by atoms with E-state index in [1.165, 1.54) is 0 Å². The van der Waals surface area contributed by atoms with E-state index in [0.717, 1.165) is 0 Å². The first-order valence-corrected chi connectivity index (χ1v) is 5.12. The average molecular weight is 231 g/mol. The van der Waals surface area contributed by atoms with Crippen LogP contribution in [0.25, 0.3) is 0 Å². The van der Waals surface area contributed by atoms with E-state index in [-0.39, 0.29) is 0 Å². The number of carboxylic acid groups (broad SMARTS) is 1. The van der Waals surface area contributed by atoms with Gasteiger partial charge in [0.25, 0.3) is 0 Å². The van der Waals surface area contributed by atoms with Crippen molar-refractivity contribution in [1.29, 1.82) is 0 Å². The van der Waals surface area contributed by atoms with Crippen molar-refractivity contribution in [3.8, 4) is 0 Å². The number of ether oxygens (including phenoxy) is 2. The van der Waals surface area contributed by atoms with Crippen molar-refractivity contribution in [1.82, 2.24) is 5.32 Å². The molecule has 0 amide bonds. The summed E-state index contributed by atoms with van der Waals surface area (Å²) in [5, 5.41) is 11.6. The number of esters is 1. The highest BCUT2D eigenvalue weighted by Crippen LogP contribution is 2.13. The third kappa shape index (κ3) is 3.46. The molecule has 0 bridgehead atoms. The highest BCUT2D eigenvalue weighted by molar-refractivity contribution is 5.85. The zero-order valence-electron chi connectivity index (χ0n) is 9.65. The minimum atomic E-state index is -1.12. The zero-order chi connectivity index (χ0) is 12.3. The molecule has 6 heteroatoms. The third-order valence-electron chi connectivity index (χ3n) is 1.97. The maximum Gasteiger partial charge on any atom is 0.338 e. The van der Waals surface area contributed by atoms with Crippen LogP contribution in [-0.2, 0) is 19.1 Å². The summed E-state index contributed by atoms with van der Waals surface area (Å²) in [6.45, 7) is 5.87. The molecule has 0 aromatic heterocycles. The van der Waals surface area contributed by atoms with E-state index in [4.69, 9.17) is 14.6 Å². The van der Waals surface area contributed by atoms with Gasteiger partial charge >= 0.3 is 11.9 Å². The first-order valence-electron chi connectivity index (χ1n) is 5.12. The number of aliphatic carboxylic acids is 1. The summed E-state index contributed by atoms with van der Waals surface area (Å²) < 4.78 is 10.2. The SMILES string of the molecule is CC(C)(C)OC(=O)[C@H]1OCCNC1C(=O)O.